The third kappa shape index (κ3) is 2.82. The Morgan fingerprint density at radius 2 is 1.54 bits per heavy atom. The van der Waals surface area contributed by atoms with Crippen molar-refractivity contribution >= 4 is 5.97 Å². The minimum absolute atomic E-state index is 0.513. The van der Waals surface area contributed by atoms with Crippen LogP contribution in [0.4, 0.5) is 17.6 Å². The highest BCUT2D eigenvalue weighted by atomic mass is 19.2. The molecule has 0 bridgehead atoms. The number of methoxy groups -OCH3 is 1. The topological polar surface area (TPSA) is 46.5 Å². The first-order chi connectivity index (χ1) is 11.9. The molecule has 1 fully saturated rings. The number of carboxylic acid groups (broad SMARTS) is 1. The van der Waals surface area contributed by atoms with Crippen LogP contribution in [0.5, 0.6) is 0 Å². The number of rotatable bonds is 6. The number of aliphatic carboxylic acids is 1. The number of carbonyl (C=O) groups is 1. The van der Waals surface area contributed by atoms with E-state index in [9.17, 15) is 27.5 Å². The smallest absolute Gasteiger partial charge is 0.311 e. The molecule has 1 aliphatic carbocycles. The summed E-state index contributed by atoms with van der Waals surface area (Å²) in [5.74, 6) is -8.03. The van der Waals surface area contributed by atoms with Gasteiger partial charge in [-0.2, -0.15) is 0 Å². The molecule has 2 rings (SSSR count). The highest BCUT2D eigenvalue weighted by Gasteiger charge is 2.74. The van der Waals surface area contributed by atoms with E-state index in [1.54, 1.807) is 33.8 Å². The van der Waals surface area contributed by atoms with E-state index in [-0.39, 0.29) is 0 Å². The molecule has 1 aromatic rings. The molecule has 0 spiro atoms. The van der Waals surface area contributed by atoms with Gasteiger partial charge in [0.1, 0.15) is 0 Å². The Bertz CT molecular complexity index is 752. The summed E-state index contributed by atoms with van der Waals surface area (Å²) in [7, 11) is 1.14. The summed E-state index contributed by atoms with van der Waals surface area (Å²) in [6.45, 7) is 6.24. The number of hydrogen-bond donors (Lipinski definition) is 1. The van der Waals surface area contributed by atoms with Gasteiger partial charge in [0.25, 0.3) is 0 Å². The second-order valence-electron chi connectivity index (χ2n) is 7.54. The second-order valence-corrected chi connectivity index (χ2v) is 7.54. The molecule has 0 aromatic heterocycles. The lowest BCUT2D eigenvalue weighted by Crippen LogP contribution is -2.26. The minimum atomic E-state index is -1.57. The fourth-order valence-electron chi connectivity index (χ4n) is 3.83. The second kappa shape index (κ2) is 6.68. The van der Waals surface area contributed by atoms with Gasteiger partial charge in [-0.15, -0.1) is 0 Å². The first-order valence-electron chi connectivity index (χ1n) is 8.14. The van der Waals surface area contributed by atoms with Gasteiger partial charge in [-0.05, 0) is 25.7 Å². The molecule has 7 heteroatoms. The van der Waals surface area contributed by atoms with Crippen molar-refractivity contribution < 1.29 is 32.2 Å². The van der Waals surface area contributed by atoms with Gasteiger partial charge in [-0.25, -0.2) is 17.6 Å². The van der Waals surface area contributed by atoms with Crippen LogP contribution in [-0.2, 0) is 22.6 Å². The highest BCUT2D eigenvalue weighted by Crippen LogP contribution is 2.71. The fourth-order valence-corrected chi connectivity index (χ4v) is 3.83. The number of allylic oxidation sites excluding steroid dienone is 2. The van der Waals surface area contributed by atoms with Crippen molar-refractivity contribution in [2.45, 2.75) is 40.7 Å². The van der Waals surface area contributed by atoms with Crippen molar-refractivity contribution in [1.29, 1.82) is 0 Å². The molecular formula is C19H22F4O3. The largest absolute Gasteiger partial charge is 0.481 e. The van der Waals surface area contributed by atoms with Gasteiger partial charge in [0.2, 0.25) is 0 Å². The Kier molecular flexibility index (Phi) is 5.25. The molecule has 144 valence electrons. The van der Waals surface area contributed by atoms with Crippen LogP contribution in [0.2, 0.25) is 0 Å². The maximum absolute atomic E-state index is 14.4. The predicted octanol–water partition coefficient (Wildman–Crippen LogP) is 4.63. The Morgan fingerprint density at radius 3 is 1.92 bits per heavy atom. The average molecular weight is 374 g/mol. The summed E-state index contributed by atoms with van der Waals surface area (Å²) < 4.78 is 61.8. The summed E-state index contributed by atoms with van der Waals surface area (Å²) in [5.41, 5.74) is -3.27. The quantitative estimate of drug-likeness (QED) is 0.449. The van der Waals surface area contributed by atoms with Crippen molar-refractivity contribution in [3.8, 4) is 0 Å². The molecule has 0 amide bonds. The van der Waals surface area contributed by atoms with E-state index in [1.807, 2.05) is 0 Å². The van der Waals surface area contributed by atoms with Crippen molar-refractivity contribution in [2.24, 2.45) is 16.7 Å². The monoisotopic (exact) mass is 374 g/mol. The zero-order valence-electron chi connectivity index (χ0n) is 15.3. The zero-order chi connectivity index (χ0) is 20.0. The molecule has 0 radical (unpaired) electrons. The third-order valence-corrected chi connectivity index (χ3v) is 5.45. The lowest BCUT2D eigenvalue weighted by molar-refractivity contribution is -0.145. The first kappa shape index (κ1) is 20.4. The molecule has 2 unspecified atom stereocenters. The molecule has 1 saturated carbocycles. The van der Waals surface area contributed by atoms with Gasteiger partial charge in [0.15, 0.2) is 23.3 Å². The summed E-state index contributed by atoms with van der Waals surface area (Å²) >= 11 is 0. The van der Waals surface area contributed by atoms with Gasteiger partial charge in [-0.1, -0.05) is 25.5 Å². The number of hydrogen-bond acceptors (Lipinski definition) is 2. The SMILES string of the molecule is COCc1c(F)c(F)c(CC2(C(=O)O)C(C=C(C)C)C2(C)C)c(F)c1F. The zero-order valence-corrected chi connectivity index (χ0v) is 15.3. The number of halogens is 4. The maximum atomic E-state index is 14.4. The number of benzene rings is 1. The van der Waals surface area contributed by atoms with Crippen LogP contribution in [-0.4, -0.2) is 18.2 Å². The van der Waals surface area contributed by atoms with Crippen molar-refractivity contribution in [3.63, 3.8) is 0 Å². The maximum Gasteiger partial charge on any atom is 0.311 e. The summed E-state index contributed by atoms with van der Waals surface area (Å²) in [5, 5.41) is 9.76. The Hall–Kier alpha value is -1.89. The molecule has 0 heterocycles. The normalized spacial score (nSPS) is 23.7. The van der Waals surface area contributed by atoms with Crippen LogP contribution in [0.1, 0.15) is 38.8 Å². The van der Waals surface area contributed by atoms with Crippen LogP contribution in [0.25, 0.3) is 0 Å². The van der Waals surface area contributed by atoms with E-state index in [4.69, 9.17) is 0 Å². The molecule has 0 aliphatic heterocycles. The Labute approximate surface area is 149 Å². The van der Waals surface area contributed by atoms with Crippen molar-refractivity contribution in [3.05, 3.63) is 46.0 Å². The van der Waals surface area contributed by atoms with Crippen molar-refractivity contribution in [2.75, 3.05) is 7.11 Å². The Morgan fingerprint density at radius 1 is 1.08 bits per heavy atom. The molecule has 1 N–H and O–H groups in total. The van der Waals surface area contributed by atoms with E-state index in [0.717, 1.165) is 12.7 Å². The minimum Gasteiger partial charge on any atom is -0.481 e. The molecule has 2 atom stereocenters. The van der Waals surface area contributed by atoms with Gasteiger partial charge >= 0.3 is 5.97 Å². The van der Waals surface area contributed by atoms with Crippen LogP contribution in [0.15, 0.2) is 11.6 Å². The summed E-state index contributed by atoms with van der Waals surface area (Å²) in [6.07, 6.45) is 1.07. The summed E-state index contributed by atoms with van der Waals surface area (Å²) in [6, 6.07) is 0. The average Bonchev–Trinajstić information content (AvgIpc) is 3.01. The first-order valence-corrected chi connectivity index (χ1v) is 8.14. The van der Waals surface area contributed by atoms with Crippen LogP contribution in [0.3, 0.4) is 0 Å². The van der Waals surface area contributed by atoms with Gasteiger partial charge in [0, 0.05) is 18.6 Å². The molecule has 26 heavy (non-hydrogen) atoms. The lowest BCUT2D eigenvalue weighted by atomic mass is 9.87. The fraction of sp³-hybridized carbons (Fsp3) is 0.526. The molecular weight excluding hydrogens is 352 g/mol. The van der Waals surface area contributed by atoms with Gasteiger partial charge in [-0.3, -0.25) is 4.79 Å². The summed E-state index contributed by atoms with van der Waals surface area (Å²) in [4.78, 5) is 12.0. The van der Waals surface area contributed by atoms with E-state index in [2.05, 4.69) is 4.74 Å². The standard InChI is InChI=1S/C19H22F4O3/c1-9(2)6-12-18(3,4)19(12,17(24)25)7-10-13(20)15(22)11(8-26-5)16(23)14(10)21/h6,12H,7-8H2,1-5H3,(H,24,25). The number of carboxylic acids is 1. The van der Waals surface area contributed by atoms with Crippen LogP contribution >= 0.6 is 0 Å². The van der Waals surface area contributed by atoms with E-state index < -0.39 is 70.1 Å². The predicted molar refractivity (Wildman–Crippen MR) is 87.5 cm³/mol. The van der Waals surface area contributed by atoms with E-state index >= 15 is 0 Å². The van der Waals surface area contributed by atoms with Crippen LogP contribution < -0.4 is 0 Å². The third-order valence-electron chi connectivity index (χ3n) is 5.45. The van der Waals surface area contributed by atoms with E-state index in [1.165, 1.54) is 0 Å². The highest BCUT2D eigenvalue weighted by molar-refractivity contribution is 5.82. The number of ether oxygens (including phenoxy) is 1. The van der Waals surface area contributed by atoms with Gasteiger partial charge in [0.05, 0.1) is 17.6 Å². The molecule has 3 nitrogen and oxygen atoms in total. The van der Waals surface area contributed by atoms with Crippen LogP contribution in [0, 0.1) is 40.0 Å². The Balaban J connectivity index is 2.60. The lowest BCUT2D eigenvalue weighted by Gasteiger charge is -2.18. The molecule has 1 aliphatic rings. The van der Waals surface area contributed by atoms with E-state index in [0.29, 0.717) is 0 Å². The van der Waals surface area contributed by atoms with Gasteiger partial charge < -0.3 is 9.84 Å². The molecule has 0 saturated heterocycles. The van der Waals surface area contributed by atoms with Crippen molar-refractivity contribution in [1.82, 2.24) is 0 Å². The molecule has 1 aromatic carbocycles.